The molecule has 6 rings (SSSR count). The highest BCUT2D eigenvalue weighted by atomic mass is 32.2. The number of aliphatic hydroxyl groups excluding tert-OH is 1. The van der Waals surface area contributed by atoms with E-state index in [0.717, 1.165) is 0 Å². The zero-order chi connectivity index (χ0) is 24.5. The maximum atomic E-state index is 13.3. The molecule has 1 saturated heterocycles. The first-order valence-electron chi connectivity index (χ1n) is 11.7. The van der Waals surface area contributed by atoms with Crippen LogP contribution in [0.4, 0.5) is 0 Å². The van der Waals surface area contributed by atoms with Crippen LogP contribution >= 0.6 is 0 Å². The van der Waals surface area contributed by atoms with E-state index in [0.29, 0.717) is 54.6 Å². The molecule has 4 aromatic rings. The highest BCUT2D eigenvalue weighted by molar-refractivity contribution is 7.90. The summed E-state index contributed by atoms with van der Waals surface area (Å²) < 4.78 is 29.8. The molecule has 1 amide bonds. The third-order valence-corrected chi connectivity index (χ3v) is 8.74. The molecule has 0 spiro atoms. The number of benzene rings is 1. The number of rotatable bonds is 5. The molecule has 2 fully saturated rings. The summed E-state index contributed by atoms with van der Waals surface area (Å²) in [7, 11) is -3.85. The number of hydrogen-bond acceptors (Lipinski definition) is 7. The summed E-state index contributed by atoms with van der Waals surface area (Å²) in [6, 6.07) is 9.79. The Morgan fingerprint density at radius 3 is 2.66 bits per heavy atom. The second-order valence-corrected chi connectivity index (χ2v) is 11.3. The minimum absolute atomic E-state index is 0.0325. The van der Waals surface area contributed by atoms with Crippen LogP contribution in [0.2, 0.25) is 0 Å². The molecule has 1 aromatic carbocycles. The van der Waals surface area contributed by atoms with Crippen molar-refractivity contribution in [1.82, 2.24) is 23.4 Å². The van der Waals surface area contributed by atoms with Crippen molar-refractivity contribution < 1.29 is 18.3 Å². The number of imidazole rings is 1. The molecule has 0 bridgehead atoms. The normalized spacial score (nSPS) is 20.5. The largest absolute Gasteiger partial charge is 0.385 e. The Kier molecular flexibility index (Phi) is 4.83. The van der Waals surface area contributed by atoms with E-state index in [-0.39, 0.29) is 22.5 Å². The number of carbonyl (C=O) groups excluding carboxylic acids is 1. The predicted molar refractivity (Wildman–Crippen MR) is 129 cm³/mol. The maximum Gasteiger partial charge on any atom is 0.269 e. The molecule has 3 N–H and O–H groups in total. The zero-order valence-electron chi connectivity index (χ0n) is 19.2. The molecule has 0 radical (unpaired) electrons. The van der Waals surface area contributed by atoms with Gasteiger partial charge in [-0.2, -0.15) is 0 Å². The molecule has 1 saturated carbocycles. The van der Waals surface area contributed by atoms with Gasteiger partial charge in [0.2, 0.25) is 5.91 Å². The van der Waals surface area contributed by atoms with E-state index in [1.807, 2.05) is 4.57 Å². The number of aliphatic hydroxyl groups is 1. The lowest BCUT2D eigenvalue weighted by Gasteiger charge is -2.22. The van der Waals surface area contributed by atoms with Gasteiger partial charge in [-0.1, -0.05) is 18.2 Å². The van der Waals surface area contributed by atoms with Crippen molar-refractivity contribution in [2.75, 3.05) is 13.1 Å². The molecule has 182 valence electrons. The van der Waals surface area contributed by atoms with Crippen LogP contribution in [-0.4, -0.2) is 61.5 Å². The highest BCUT2D eigenvalue weighted by Gasteiger charge is 2.49. The van der Waals surface area contributed by atoms with Crippen LogP contribution in [-0.2, 0) is 14.8 Å². The number of amides is 1. The Morgan fingerprint density at radius 1 is 1.23 bits per heavy atom. The lowest BCUT2D eigenvalue weighted by molar-refractivity contribution is -0.132. The van der Waals surface area contributed by atoms with Gasteiger partial charge in [0, 0.05) is 24.7 Å². The van der Waals surface area contributed by atoms with Crippen LogP contribution in [0.15, 0.2) is 53.7 Å². The van der Waals surface area contributed by atoms with E-state index in [2.05, 4.69) is 9.97 Å². The fourth-order valence-electron chi connectivity index (χ4n) is 5.03. The van der Waals surface area contributed by atoms with Crippen LogP contribution < -0.4 is 5.73 Å². The number of carbonyl (C=O) groups is 1. The molecule has 1 aliphatic carbocycles. The van der Waals surface area contributed by atoms with E-state index in [1.54, 1.807) is 48.2 Å². The smallest absolute Gasteiger partial charge is 0.269 e. The molecule has 10 nitrogen and oxygen atoms in total. The molecule has 3 aromatic heterocycles. The number of pyridine rings is 1. The van der Waals surface area contributed by atoms with Crippen LogP contribution in [0.3, 0.4) is 0 Å². The summed E-state index contributed by atoms with van der Waals surface area (Å²) in [4.78, 5) is 23.9. The Morgan fingerprint density at radius 2 is 1.97 bits per heavy atom. The third kappa shape index (κ3) is 3.37. The minimum Gasteiger partial charge on any atom is -0.385 e. The SMILES string of the molecule is C[C@@H](O)c1nc2cnc3c(ccn3S(=O)(=O)c3ccccc3)c2n1C1CCN(C(=O)C2(N)CC2)C1. The number of nitrogens with zero attached hydrogens (tertiary/aromatic N) is 5. The molecule has 11 heteroatoms. The molecule has 1 unspecified atom stereocenters. The summed E-state index contributed by atoms with van der Waals surface area (Å²) in [5.41, 5.74) is 6.95. The highest BCUT2D eigenvalue weighted by Crippen LogP contribution is 2.38. The van der Waals surface area contributed by atoms with Crippen LogP contribution in [0.1, 0.15) is 44.2 Å². The number of likely N-dealkylation sites (tertiary alicyclic amines) is 1. The summed E-state index contributed by atoms with van der Waals surface area (Å²) in [6.45, 7) is 2.67. The van der Waals surface area contributed by atoms with Gasteiger partial charge in [0.1, 0.15) is 17.4 Å². The van der Waals surface area contributed by atoms with Gasteiger partial charge in [-0.05, 0) is 44.4 Å². The van der Waals surface area contributed by atoms with Crippen molar-refractivity contribution in [2.24, 2.45) is 5.73 Å². The topological polar surface area (TPSA) is 136 Å². The van der Waals surface area contributed by atoms with Gasteiger partial charge in [0.15, 0.2) is 5.65 Å². The third-order valence-electron chi connectivity index (χ3n) is 7.06. The first-order chi connectivity index (χ1) is 16.7. The van der Waals surface area contributed by atoms with Crippen molar-refractivity contribution in [3.8, 4) is 0 Å². The van der Waals surface area contributed by atoms with Gasteiger partial charge in [-0.25, -0.2) is 22.4 Å². The van der Waals surface area contributed by atoms with E-state index in [1.165, 1.54) is 16.4 Å². The monoisotopic (exact) mass is 494 g/mol. The quantitative estimate of drug-likeness (QED) is 0.433. The van der Waals surface area contributed by atoms with E-state index in [9.17, 15) is 18.3 Å². The molecule has 2 atom stereocenters. The second-order valence-electron chi connectivity index (χ2n) is 9.52. The van der Waals surface area contributed by atoms with Gasteiger partial charge in [0.25, 0.3) is 10.0 Å². The first kappa shape index (κ1) is 22.2. The minimum atomic E-state index is -3.85. The van der Waals surface area contributed by atoms with Crippen LogP contribution in [0, 0.1) is 0 Å². The standard InChI is InChI=1S/C24H26N6O4S/c1-15(31)21-27-19-13-26-22-18(8-12-29(22)35(33,34)17-5-3-2-4-6-17)20(19)30(21)16-7-11-28(14-16)23(32)24(25)9-10-24/h2-6,8,12-13,15-16,31H,7,9-11,14,25H2,1H3/t15-,16?/m1/s1. The van der Waals surface area contributed by atoms with Crippen LogP contribution in [0.5, 0.6) is 0 Å². The molecule has 35 heavy (non-hydrogen) atoms. The maximum absolute atomic E-state index is 13.3. The Bertz CT molecular complexity index is 1570. The summed E-state index contributed by atoms with van der Waals surface area (Å²) in [5.74, 6) is 0.427. The zero-order valence-corrected chi connectivity index (χ0v) is 20.0. The fraction of sp³-hybridized carbons (Fsp3) is 0.375. The van der Waals surface area contributed by atoms with Crippen molar-refractivity contribution in [2.45, 2.75) is 48.8 Å². The van der Waals surface area contributed by atoms with E-state index < -0.39 is 21.7 Å². The average molecular weight is 495 g/mol. The first-order valence-corrected chi connectivity index (χ1v) is 13.1. The lowest BCUT2D eigenvalue weighted by Crippen LogP contribution is -2.44. The van der Waals surface area contributed by atoms with Gasteiger partial charge in [-0.3, -0.25) is 4.79 Å². The molecular formula is C24H26N6O4S. The van der Waals surface area contributed by atoms with Gasteiger partial charge >= 0.3 is 0 Å². The molecule has 4 heterocycles. The lowest BCUT2D eigenvalue weighted by atomic mass is 10.2. The number of fused-ring (bicyclic) bond motifs is 3. The Labute approximate surface area is 202 Å². The van der Waals surface area contributed by atoms with Crippen molar-refractivity contribution in [3.63, 3.8) is 0 Å². The average Bonchev–Trinajstić information content (AvgIpc) is 3.24. The number of hydrogen-bond donors (Lipinski definition) is 2. The second kappa shape index (κ2) is 7.61. The summed E-state index contributed by atoms with van der Waals surface area (Å²) in [5, 5.41) is 11.1. The predicted octanol–water partition coefficient (Wildman–Crippen LogP) is 1.94. The number of nitrogens with two attached hydrogens (primary N) is 1. The molecule has 1 aliphatic heterocycles. The molecular weight excluding hydrogens is 468 g/mol. The van der Waals surface area contributed by atoms with E-state index in [4.69, 9.17) is 5.73 Å². The number of aromatic nitrogens is 4. The van der Waals surface area contributed by atoms with Crippen molar-refractivity contribution in [3.05, 3.63) is 54.6 Å². The van der Waals surface area contributed by atoms with Gasteiger partial charge < -0.3 is 20.3 Å². The Balaban J connectivity index is 1.49. The summed E-state index contributed by atoms with van der Waals surface area (Å²) >= 11 is 0. The van der Waals surface area contributed by atoms with Crippen molar-refractivity contribution >= 4 is 38.0 Å². The Hall–Kier alpha value is -3.28. The fourth-order valence-corrected chi connectivity index (χ4v) is 6.35. The van der Waals surface area contributed by atoms with Gasteiger partial charge in [0.05, 0.1) is 28.2 Å². The van der Waals surface area contributed by atoms with Crippen molar-refractivity contribution in [1.29, 1.82) is 0 Å². The van der Waals surface area contributed by atoms with E-state index >= 15 is 0 Å². The van der Waals surface area contributed by atoms with Crippen LogP contribution in [0.25, 0.3) is 22.1 Å². The van der Waals surface area contributed by atoms with Gasteiger partial charge in [-0.15, -0.1) is 0 Å². The summed E-state index contributed by atoms with van der Waals surface area (Å²) in [6.07, 6.45) is 4.26. The molecule has 2 aliphatic rings.